The molecule has 94 valence electrons. The van der Waals surface area contributed by atoms with Crippen molar-refractivity contribution in [1.29, 1.82) is 0 Å². The molecule has 0 aromatic carbocycles. The highest BCUT2D eigenvalue weighted by Crippen LogP contribution is 2.97. The highest BCUT2D eigenvalue weighted by Gasteiger charge is 2.88. The average Bonchev–Trinajstić information content (AvgIpc) is 2.53. The van der Waals surface area contributed by atoms with Crippen LogP contribution in [0.5, 0.6) is 0 Å². The first kappa shape index (κ1) is 11.4. The summed E-state index contributed by atoms with van der Waals surface area (Å²) >= 11 is 0. The first-order chi connectivity index (χ1) is 7.70. The molecule has 0 aromatic heterocycles. The fourth-order valence-electron chi connectivity index (χ4n) is 5.48. The Morgan fingerprint density at radius 1 is 1.18 bits per heavy atom. The molecule has 5 aliphatic rings. The molecule has 3 heterocycles. The summed E-state index contributed by atoms with van der Waals surface area (Å²) in [6.45, 7) is 15.0. The highest BCUT2D eigenvalue weighted by atomic mass is 31.1. The highest BCUT2D eigenvalue weighted by molar-refractivity contribution is 7.90. The largest absolute Gasteiger partial charge is 0.0955 e. The van der Waals surface area contributed by atoms with Gasteiger partial charge in [0.1, 0.15) is 0 Å². The third-order valence-electron chi connectivity index (χ3n) is 5.76. The molecule has 0 spiro atoms. The third-order valence-corrected chi connectivity index (χ3v) is 13.3. The smallest absolute Gasteiger partial charge is 0.0123 e. The molecular formula is C15H24P2. The Bertz CT molecular complexity index is 437. The minimum absolute atomic E-state index is 0.237. The maximum Gasteiger partial charge on any atom is 0.0123 e. The topological polar surface area (TPSA) is 0 Å². The van der Waals surface area contributed by atoms with E-state index in [1.54, 1.807) is 14.6 Å². The van der Waals surface area contributed by atoms with E-state index in [1.807, 2.05) is 5.03 Å². The van der Waals surface area contributed by atoms with Gasteiger partial charge in [0.2, 0.25) is 0 Å². The van der Waals surface area contributed by atoms with Gasteiger partial charge in [-0.1, -0.05) is 57.7 Å². The van der Waals surface area contributed by atoms with E-state index in [2.05, 4.69) is 41.5 Å². The van der Waals surface area contributed by atoms with Crippen molar-refractivity contribution >= 4 is 21.2 Å². The average molecular weight is 266 g/mol. The van der Waals surface area contributed by atoms with Crippen molar-refractivity contribution in [1.82, 2.24) is 0 Å². The summed E-state index contributed by atoms with van der Waals surface area (Å²) in [7, 11) is 2.02. The van der Waals surface area contributed by atoms with E-state index >= 15 is 0 Å². The Balaban J connectivity index is 1.84. The lowest BCUT2D eigenvalue weighted by molar-refractivity contribution is 0.347. The van der Waals surface area contributed by atoms with Gasteiger partial charge in [-0.3, -0.25) is 0 Å². The van der Waals surface area contributed by atoms with Gasteiger partial charge in [-0.25, -0.2) is 0 Å². The second-order valence-corrected chi connectivity index (χ2v) is 12.8. The van der Waals surface area contributed by atoms with Gasteiger partial charge in [0.25, 0.3) is 0 Å². The van der Waals surface area contributed by atoms with Gasteiger partial charge < -0.3 is 0 Å². The number of hydrogen-bond acceptors (Lipinski definition) is 0. The van der Waals surface area contributed by atoms with Crippen LogP contribution in [-0.4, -0.2) is 21.5 Å². The van der Waals surface area contributed by atoms with Crippen molar-refractivity contribution < 1.29 is 0 Å². The quantitative estimate of drug-likeness (QED) is 0.553. The monoisotopic (exact) mass is 266 g/mol. The predicted octanol–water partition coefficient (Wildman–Crippen LogP) is 4.79. The van der Waals surface area contributed by atoms with Gasteiger partial charge >= 0.3 is 0 Å². The van der Waals surface area contributed by atoms with Crippen molar-refractivity contribution in [2.24, 2.45) is 22.7 Å². The third kappa shape index (κ3) is 0.996. The summed E-state index contributed by atoms with van der Waals surface area (Å²) in [6, 6.07) is 0. The van der Waals surface area contributed by atoms with Crippen LogP contribution in [0, 0.1) is 22.7 Å². The Morgan fingerprint density at radius 2 is 1.82 bits per heavy atom. The molecule has 6 bridgehead atoms. The van der Waals surface area contributed by atoms with Crippen LogP contribution in [-0.2, 0) is 0 Å². The van der Waals surface area contributed by atoms with E-state index in [9.17, 15) is 0 Å². The Labute approximate surface area is 108 Å². The summed E-state index contributed by atoms with van der Waals surface area (Å²) in [5.74, 6) is 2.28. The lowest BCUT2D eigenvalue weighted by Crippen LogP contribution is -2.33. The molecule has 5 rings (SSSR count). The van der Waals surface area contributed by atoms with Crippen molar-refractivity contribution in [2.45, 2.75) is 64.4 Å². The number of rotatable bonds is 0. The summed E-state index contributed by atoms with van der Waals surface area (Å²) in [4.78, 5) is 0. The van der Waals surface area contributed by atoms with Gasteiger partial charge in [-0.15, -0.1) is 0 Å². The van der Waals surface area contributed by atoms with Crippen LogP contribution in [0.15, 0.2) is 0 Å². The molecule has 0 radical (unpaired) electrons. The van der Waals surface area contributed by atoms with Crippen molar-refractivity contribution in [2.75, 3.05) is 0 Å². The second-order valence-electron chi connectivity index (χ2n) is 8.57. The molecule has 3 aliphatic heterocycles. The van der Waals surface area contributed by atoms with E-state index in [0.717, 1.165) is 28.3 Å². The predicted molar refractivity (Wildman–Crippen MR) is 79.7 cm³/mol. The fourth-order valence-corrected chi connectivity index (χ4v) is 14.4. The summed E-state index contributed by atoms with van der Waals surface area (Å²) in [5, 5.41) is 2.78. The van der Waals surface area contributed by atoms with Crippen LogP contribution >= 0.6 is 16.1 Å². The van der Waals surface area contributed by atoms with Gasteiger partial charge in [0, 0.05) is 10.8 Å². The molecule has 2 saturated heterocycles. The van der Waals surface area contributed by atoms with Crippen LogP contribution in [0.1, 0.15) is 48.0 Å². The molecule has 4 fully saturated rings. The Kier molecular flexibility index (Phi) is 1.82. The van der Waals surface area contributed by atoms with E-state index in [-0.39, 0.29) is 7.92 Å². The molecule has 0 aromatic rings. The van der Waals surface area contributed by atoms with E-state index in [4.69, 9.17) is 0 Å². The fraction of sp³-hybridized carbons (Fsp3) is 0.933. The van der Waals surface area contributed by atoms with E-state index in [1.165, 1.54) is 0 Å². The second kappa shape index (κ2) is 2.71. The molecule has 0 N–H and O–H groups in total. The number of hydrogen-bond donors (Lipinski definition) is 0. The van der Waals surface area contributed by atoms with Gasteiger partial charge in [0.05, 0.1) is 0 Å². The van der Waals surface area contributed by atoms with Gasteiger partial charge in [0.15, 0.2) is 0 Å². The first-order valence-corrected chi connectivity index (χ1v) is 9.46. The molecule has 2 aliphatic carbocycles. The van der Waals surface area contributed by atoms with Crippen molar-refractivity contribution in [3.8, 4) is 0 Å². The van der Waals surface area contributed by atoms with Crippen molar-refractivity contribution in [3.63, 3.8) is 0 Å². The SMILES string of the molecule is CC(C)(C)C1=PC2C3CC4C2C4(C(C)(C)C)P13. The summed E-state index contributed by atoms with van der Waals surface area (Å²) in [6.07, 6.45) is 1.60. The molecule has 6 atom stereocenters. The standard InChI is InChI=1S/C15H24P2/c1-13(2,3)12-16-11-9-7-8-10(11)15(8,17(9)12)14(4,5)6/h8-11H,7H2,1-6H3. The van der Waals surface area contributed by atoms with E-state index in [0.29, 0.717) is 10.8 Å². The maximum atomic E-state index is 2.53. The molecule has 17 heavy (non-hydrogen) atoms. The van der Waals surface area contributed by atoms with Crippen molar-refractivity contribution in [3.05, 3.63) is 0 Å². The van der Waals surface area contributed by atoms with Crippen LogP contribution in [0.25, 0.3) is 0 Å². The lowest BCUT2D eigenvalue weighted by atomic mass is 9.85. The lowest BCUT2D eigenvalue weighted by Gasteiger charge is -2.40. The maximum absolute atomic E-state index is 2.53. The Morgan fingerprint density at radius 3 is 2.29 bits per heavy atom. The molecule has 0 amide bonds. The Hall–Kier alpha value is 0.600. The summed E-state index contributed by atoms with van der Waals surface area (Å²) in [5.41, 5.74) is 3.28. The molecule has 2 saturated carbocycles. The van der Waals surface area contributed by atoms with Gasteiger partial charge in [-0.05, 0) is 39.8 Å². The normalized spacial score (nSPS) is 55.2. The molecular weight excluding hydrogens is 242 g/mol. The van der Waals surface area contributed by atoms with Crippen LogP contribution in [0.3, 0.4) is 0 Å². The molecule has 0 nitrogen and oxygen atoms in total. The zero-order chi connectivity index (χ0) is 12.4. The minimum atomic E-state index is 0.237. The zero-order valence-corrected chi connectivity index (χ0v) is 13.7. The zero-order valence-electron chi connectivity index (χ0n) is 11.9. The first-order valence-electron chi connectivity index (χ1n) is 7.08. The summed E-state index contributed by atoms with van der Waals surface area (Å²) < 4.78 is 0. The van der Waals surface area contributed by atoms with Crippen LogP contribution in [0.2, 0.25) is 0 Å². The minimum Gasteiger partial charge on any atom is -0.0955 e. The molecule has 2 heteroatoms. The van der Waals surface area contributed by atoms with Crippen LogP contribution < -0.4 is 0 Å². The van der Waals surface area contributed by atoms with Crippen LogP contribution in [0.4, 0.5) is 0 Å². The van der Waals surface area contributed by atoms with E-state index < -0.39 is 0 Å². The molecule has 6 unspecified atom stereocenters. The van der Waals surface area contributed by atoms with Gasteiger partial charge in [-0.2, -0.15) is 0 Å².